The van der Waals surface area contributed by atoms with Gasteiger partial charge in [0.1, 0.15) is 0 Å². The second-order valence-electron chi connectivity index (χ2n) is 7.21. The van der Waals surface area contributed by atoms with Crippen LogP contribution in [-0.4, -0.2) is 18.2 Å². The minimum Gasteiger partial charge on any atom is -0.322 e. The molecule has 144 valence electrons. The summed E-state index contributed by atoms with van der Waals surface area (Å²) >= 11 is 0. The molecule has 3 aromatic carbocycles. The topological polar surface area (TPSA) is 58.5 Å². The number of amides is 1. The third-order valence-electron chi connectivity index (χ3n) is 5.19. The lowest BCUT2D eigenvalue weighted by Crippen LogP contribution is -2.25. The van der Waals surface area contributed by atoms with E-state index < -0.39 is 0 Å². The lowest BCUT2D eigenvalue weighted by atomic mass is 9.93. The highest BCUT2D eigenvalue weighted by atomic mass is 16.1. The van der Waals surface area contributed by atoms with E-state index in [1.54, 1.807) is 30.3 Å². The first-order valence-electron chi connectivity index (χ1n) is 9.74. The van der Waals surface area contributed by atoms with Crippen LogP contribution in [0.4, 0.5) is 5.69 Å². The summed E-state index contributed by atoms with van der Waals surface area (Å²) in [5, 5.41) is 4.84. The molecule has 3 aromatic rings. The SMILES string of the molecule is Cc1ccccc1C(=O)Nc1ccc(C(=O)C2C=c3ccccc3=NCC2)cc1. The van der Waals surface area contributed by atoms with Crippen LogP contribution >= 0.6 is 0 Å². The molecule has 0 fully saturated rings. The Morgan fingerprint density at radius 2 is 1.66 bits per heavy atom. The maximum atomic E-state index is 13.0. The van der Waals surface area contributed by atoms with Crippen molar-refractivity contribution in [2.24, 2.45) is 10.9 Å². The summed E-state index contributed by atoms with van der Waals surface area (Å²) in [6.07, 6.45) is 2.71. The number of nitrogens with zero attached hydrogens (tertiary/aromatic N) is 1. The number of benzene rings is 3. The number of Topliss-reactive ketones (excluding diaryl/α,β-unsaturated/α-hetero) is 1. The molecule has 0 saturated heterocycles. The number of rotatable bonds is 4. The van der Waals surface area contributed by atoms with Crippen LogP contribution in [0.15, 0.2) is 77.8 Å². The largest absolute Gasteiger partial charge is 0.322 e. The number of anilines is 1. The van der Waals surface area contributed by atoms with Crippen molar-refractivity contribution >= 4 is 23.5 Å². The van der Waals surface area contributed by atoms with E-state index in [-0.39, 0.29) is 17.6 Å². The zero-order valence-corrected chi connectivity index (χ0v) is 16.3. The molecular formula is C25H22N2O2. The van der Waals surface area contributed by atoms with Crippen LogP contribution < -0.4 is 15.9 Å². The van der Waals surface area contributed by atoms with Gasteiger partial charge in [-0.05, 0) is 60.5 Å². The molecule has 4 nitrogen and oxygen atoms in total. The monoisotopic (exact) mass is 382 g/mol. The quantitative estimate of drug-likeness (QED) is 0.702. The van der Waals surface area contributed by atoms with Crippen molar-refractivity contribution < 1.29 is 9.59 Å². The van der Waals surface area contributed by atoms with Gasteiger partial charge in [0.25, 0.3) is 5.91 Å². The molecule has 29 heavy (non-hydrogen) atoms. The minimum absolute atomic E-state index is 0.0775. The molecule has 0 bridgehead atoms. The molecule has 1 aliphatic heterocycles. The molecule has 1 atom stereocenters. The van der Waals surface area contributed by atoms with Crippen molar-refractivity contribution in [3.8, 4) is 0 Å². The number of carbonyl (C=O) groups excluding carboxylic acids is 2. The maximum Gasteiger partial charge on any atom is 0.255 e. The Morgan fingerprint density at radius 1 is 0.931 bits per heavy atom. The van der Waals surface area contributed by atoms with Crippen LogP contribution in [0.25, 0.3) is 6.08 Å². The van der Waals surface area contributed by atoms with Crippen molar-refractivity contribution in [2.45, 2.75) is 13.3 Å². The van der Waals surface area contributed by atoms with Gasteiger partial charge in [-0.25, -0.2) is 0 Å². The van der Waals surface area contributed by atoms with E-state index in [0.29, 0.717) is 29.8 Å². The predicted octanol–water partition coefficient (Wildman–Crippen LogP) is 3.55. The second kappa shape index (κ2) is 8.23. The van der Waals surface area contributed by atoms with Crippen LogP contribution in [0, 0.1) is 12.8 Å². The molecule has 0 aromatic heterocycles. The number of para-hydroxylation sites is 1. The minimum atomic E-state index is -0.199. The lowest BCUT2D eigenvalue weighted by Gasteiger charge is -2.11. The zero-order valence-electron chi connectivity index (χ0n) is 16.3. The van der Waals surface area contributed by atoms with Crippen molar-refractivity contribution in [3.05, 3.63) is 100 Å². The third-order valence-corrected chi connectivity index (χ3v) is 5.19. The molecule has 1 unspecified atom stereocenters. The van der Waals surface area contributed by atoms with E-state index in [0.717, 1.165) is 16.1 Å². The van der Waals surface area contributed by atoms with Crippen LogP contribution in [-0.2, 0) is 0 Å². The molecule has 0 radical (unpaired) electrons. The summed E-state index contributed by atoms with van der Waals surface area (Å²) in [6.45, 7) is 2.54. The Kier molecular flexibility index (Phi) is 5.34. The van der Waals surface area contributed by atoms with Gasteiger partial charge in [-0.15, -0.1) is 0 Å². The highest BCUT2D eigenvalue weighted by Crippen LogP contribution is 2.18. The molecule has 1 amide bonds. The van der Waals surface area contributed by atoms with E-state index in [9.17, 15) is 9.59 Å². The number of carbonyl (C=O) groups is 2. The standard InChI is InChI=1S/C25H22N2O2/c1-17-6-2-4-8-22(17)25(29)27-21-12-10-18(11-13-21)24(28)20-14-15-26-23-9-5-3-7-19(23)16-20/h2-13,16,20H,14-15H2,1H3,(H,27,29). The fourth-order valence-electron chi connectivity index (χ4n) is 3.56. The fraction of sp³-hybridized carbons (Fsp3) is 0.160. The maximum absolute atomic E-state index is 13.0. The Balaban J connectivity index is 1.51. The number of hydrogen-bond donors (Lipinski definition) is 1. The molecule has 0 aliphatic carbocycles. The number of ketones is 1. The van der Waals surface area contributed by atoms with Crippen LogP contribution in [0.5, 0.6) is 0 Å². The van der Waals surface area contributed by atoms with Gasteiger partial charge in [0.2, 0.25) is 0 Å². The van der Waals surface area contributed by atoms with Gasteiger partial charge in [0, 0.05) is 29.3 Å². The molecule has 4 rings (SSSR count). The zero-order chi connectivity index (χ0) is 20.2. The van der Waals surface area contributed by atoms with E-state index >= 15 is 0 Å². The molecule has 0 saturated carbocycles. The van der Waals surface area contributed by atoms with Gasteiger partial charge in [-0.3, -0.25) is 14.6 Å². The van der Waals surface area contributed by atoms with Gasteiger partial charge in [-0.2, -0.15) is 0 Å². The fourth-order valence-corrected chi connectivity index (χ4v) is 3.56. The molecule has 1 N–H and O–H groups in total. The number of aryl methyl sites for hydroxylation is 1. The molecular weight excluding hydrogens is 360 g/mol. The second-order valence-corrected chi connectivity index (χ2v) is 7.21. The predicted molar refractivity (Wildman–Crippen MR) is 115 cm³/mol. The summed E-state index contributed by atoms with van der Waals surface area (Å²) in [7, 11) is 0. The third kappa shape index (κ3) is 4.16. The first-order valence-corrected chi connectivity index (χ1v) is 9.74. The van der Waals surface area contributed by atoms with E-state index in [2.05, 4.69) is 10.3 Å². The summed E-state index contributed by atoms with van der Waals surface area (Å²) in [5.41, 5.74) is 2.87. The summed E-state index contributed by atoms with van der Waals surface area (Å²) < 4.78 is 0. The average Bonchev–Trinajstić information content (AvgIpc) is 2.96. The molecule has 4 heteroatoms. The Morgan fingerprint density at radius 3 is 2.45 bits per heavy atom. The molecule has 1 heterocycles. The van der Waals surface area contributed by atoms with Gasteiger partial charge in [-0.1, -0.05) is 42.5 Å². The number of hydrogen-bond acceptors (Lipinski definition) is 3. The van der Waals surface area contributed by atoms with E-state index in [4.69, 9.17) is 0 Å². The van der Waals surface area contributed by atoms with E-state index in [1.807, 2.05) is 55.5 Å². The highest BCUT2D eigenvalue weighted by molar-refractivity contribution is 6.06. The summed E-state index contributed by atoms with van der Waals surface area (Å²) in [4.78, 5) is 30.0. The molecule has 0 spiro atoms. The normalized spacial score (nSPS) is 15.3. The number of nitrogens with one attached hydrogen (secondary N) is 1. The summed E-state index contributed by atoms with van der Waals surface area (Å²) in [5.74, 6) is -0.277. The lowest BCUT2D eigenvalue weighted by molar-refractivity contribution is 0.0948. The van der Waals surface area contributed by atoms with Crippen molar-refractivity contribution in [1.29, 1.82) is 0 Å². The van der Waals surface area contributed by atoms with Crippen molar-refractivity contribution in [1.82, 2.24) is 0 Å². The Hall–Kier alpha value is -3.53. The van der Waals surface area contributed by atoms with Gasteiger partial charge in [0.05, 0.1) is 5.36 Å². The smallest absolute Gasteiger partial charge is 0.255 e. The van der Waals surface area contributed by atoms with Crippen molar-refractivity contribution in [3.63, 3.8) is 0 Å². The van der Waals surface area contributed by atoms with Crippen LogP contribution in [0.2, 0.25) is 0 Å². The van der Waals surface area contributed by atoms with Crippen LogP contribution in [0.1, 0.15) is 32.7 Å². The Labute approximate surface area is 169 Å². The number of fused-ring (bicyclic) bond motifs is 1. The Bertz CT molecular complexity index is 1180. The van der Waals surface area contributed by atoms with Gasteiger partial charge >= 0.3 is 0 Å². The van der Waals surface area contributed by atoms with E-state index in [1.165, 1.54) is 0 Å². The van der Waals surface area contributed by atoms with Gasteiger partial charge in [0.15, 0.2) is 5.78 Å². The van der Waals surface area contributed by atoms with Gasteiger partial charge < -0.3 is 5.32 Å². The molecule has 1 aliphatic rings. The first-order chi connectivity index (χ1) is 14.1. The first kappa shape index (κ1) is 18.8. The summed E-state index contributed by atoms with van der Waals surface area (Å²) in [6, 6.07) is 22.5. The van der Waals surface area contributed by atoms with Crippen molar-refractivity contribution in [2.75, 3.05) is 11.9 Å². The average molecular weight is 382 g/mol. The van der Waals surface area contributed by atoms with Crippen LogP contribution in [0.3, 0.4) is 0 Å². The highest BCUT2D eigenvalue weighted by Gasteiger charge is 2.19.